The van der Waals surface area contributed by atoms with Crippen LogP contribution in [0.3, 0.4) is 0 Å². The van der Waals surface area contributed by atoms with Crippen LogP contribution in [-0.4, -0.2) is 42.5 Å². The molecule has 2 aromatic carbocycles. The fraction of sp³-hybridized carbons (Fsp3) is 0.400. The van der Waals surface area contributed by atoms with Gasteiger partial charge in [-0.1, -0.05) is 48.5 Å². The lowest BCUT2D eigenvalue weighted by molar-refractivity contribution is 0.145. The van der Waals surface area contributed by atoms with E-state index in [-0.39, 0.29) is 5.03 Å². The number of aromatic nitrogens is 2. The molecule has 3 aromatic rings. The molecule has 2 N–H and O–H groups in total. The minimum absolute atomic E-state index is 0.0804. The van der Waals surface area contributed by atoms with Crippen molar-refractivity contribution in [3.05, 3.63) is 83.3 Å². The number of fused-ring (bicyclic) bond motifs is 1. The first-order chi connectivity index (χ1) is 15.5. The first kappa shape index (κ1) is 21.4. The number of nitrogens with zero attached hydrogens (tertiary/aromatic N) is 3. The number of rotatable bonds is 8. The largest absolute Gasteiger partial charge is 0.336 e. The Morgan fingerprint density at radius 3 is 2.56 bits per heavy atom. The zero-order valence-electron chi connectivity index (χ0n) is 18.2. The molecule has 168 valence electrons. The quantitative estimate of drug-likeness (QED) is 0.572. The number of likely N-dealkylation sites (tertiary alicyclic amines) is 1. The van der Waals surface area contributed by atoms with Crippen LogP contribution in [0, 0.1) is 5.92 Å². The van der Waals surface area contributed by atoms with E-state index < -0.39 is 10.0 Å². The summed E-state index contributed by atoms with van der Waals surface area (Å²) < 4.78 is 24.7. The van der Waals surface area contributed by atoms with E-state index in [1.807, 2.05) is 0 Å². The van der Waals surface area contributed by atoms with Crippen molar-refractivity contribution in [2.45, 2.75) is 43.2 Å². The third-order valence-corrected chi connectivity index (χ3v) is 7.75. The predicted octanol–water partition coefficient (Wildman–Crippen LogP) is 2.98. The Labute approximate surface area is 190 Å². The molecule has 2 aliphatic rings. The van der Waals surface area contributed by atoms with Gasteiger partial charge in [0.1, 0.15) is 0 Å². The summed E-state index contributed by atoms with van der Waals surface area (Å²) in [7, 11) is -3.76. The summed E-state index contributed by atoms with van der Waals surface area (Å²) in [6.45, 7) is 4.33. The van der Waals surface area contributed by atoms with E-state index in [1.165, 1.54) is 60.8 Å². The average Bonchev–Trinajstić information content (AvgIpc) is 3.35. The Balaban J connectivity index is 1.34. The van der Waals surface area contributed by atoms with Gasteiger partial charge in [0.25, 0.3) is 10.0 Å². The summed E-state index contributed by atoms with van der Waals surface area (Å²) in [5.41, 5.74) is 5.66. The van der Waals surface area contributed by atoms with E-state index in [0.29, 0.717) is 18.4 Å². The summed E-state index contributed by atoms with van der Waals surface area (Å²) in [5, 5.41) is 5.09. The van der Waals surface area contributed by atoms with E-state index in [0.717, 1.165) is 19.3 Å². The van der Waals surface area contributed by atoms with Crippen LogP contribution in [-0.2, 0) is 35.8 Å². The molecule has 0 saturated carbocycles. The maximum atomic E-state index is 11.5. The Morgan fingerprint density at radius 2 is 1.88 bits per heavy atom. The molecule has 0 radical (unpaired) electrons. The van der Waals surface area contributed by atoms with Crippen molar-refractivity contribution < 1.29 is 8.42 Å². The minimum atomic E-state index is -3.76. The number of sulfonamides is 1. The second-order valence-electron chi connectivity index (χ2n) is 9.19. The number of hydrogen-bond acceptors (Lipinski definition) is 4. The van der Waals surface area contributed by atoms with Gasteiger partial charge < -0.3 is 9.47 Å². The van der Waals surface area contributed by atoms with Crippen molar-refractivity contribution in [3.8, 4) is 0 Å². The normalized spacial score (nSPS) is 20.8. The highest BCUT2D eigenvalue weighted by Crippen LogP contribution is 2.41. The molecule has 1 saturated heterocycles. The molecular weight excluding hydrogens is 420 g/mol. The van der Waals surface area contributed by atoms with Gasteiger partial charge in [-0.3, -0.25) is 0 Å². The van der Waals surface area contributed by atoms with Crippen molar-refractivity contribution in [1.82, 2.24) is 14.5 Å². The number of benzene rings is 2. The van der Waals surface area contributed by atoms with Crippen molar-refractivity contribution >= 4 is 10.0 Å². The smallest absolute Gasteiger partial charge is 0.257 e. The number of imidazole rings is 1. The monoisotopic (exact) mass is 450 g/mol. The van der Waals surface area contributed by atoms with Crippen molar-refractivity contribution in [2.75, 3.05) is 19.6 Å². The van der Waals surface area contributed by atoms with Gasteiger partial charge in [0.2, 0.25) is 0 Å². The number of primary sulfonamides is 1. The number of nitrogens with two attached hydrogens (primary N) is 1. The molecule has 0 spiro atoms. The fourth-order valence-electron chi connectivity index (χ4n) is 5.11. The molecular formula is C25H30N4O2S. The first-order valence-electron chi connectivity index (χ1n) is 11.4. The molecule has 1 fully saturated rings. The fourth-order valence-corrected chi connectivity index (χ4v) is 5.59. The van der Waals surface area contributed by atoms with E-state index in [2.05, 4.69) is 58.4 Å². The van der Waals surface area contributed by atoms with Gasteiger partial charge in [-0.25, -0.2) is 18.5 Å². The molecule has 0 amide bonds. The molecule has 5 rings (SSSR count). The lowest BCUT2D eigenvalue weighted by Gasteiger charge is -2.35. The summed E-state index contributed by atoms with van der Waals surface area (Å²) in [6, 6.07) is 17.7. The lowest BCUT2D eigenvalue weighted by atomic mass is 9.85. The first-order valence-corrected chi connectivity index (χ1v) is 12.9. The highest BCUT2D eigenvalue weighted by atomic mass is 32.2. The summed E-state index contributed by atoms with van der Waals surface area (Å²) in [5.74, 6) is 1.20. The van der Waals surface area contributed by atoms with Crippen LogP contribution in [0.25, 0.3) is 0 Å². The van der Waals surface area contributed by atoms with E-state index in [4.69, 9.17) is 5.14 Å². The third kappa shape index (κ3) is 4.65. The van der Waals surface area contributed by atoms with Crippen molar-refractivity contribution in [1.29, 1.82) is 0 Å². The zero-order valence-corrected chi connectivity index (χ0v) is 19.0. The number of hydrogen-bond donors (Lipinski definition) is 1. The highest BCUT2D eigenvalue weighted by Gasteiger charge is 2.34. The SMILES string of the molecule is NS(=O)(=O)c1cn(CCc2ccc3c(c2)C(Cc2ccccc2)C(CN2CCC2)C3)cn1. The van der Waals surface area contributed by atoms with Gasteiger partial charge in [-0.15, -0.1) is 0 Å². The maximum absolute atomic E-state index is 11.5. The zero-order chi connectivity index (χ0) is 22.1. The predicted molar refractivity (Wildman–Crippen MR) is 125 cm³/mol. The standard InChI is InChI=1S/C25H30N4O2S/c26-32(30,31)25-17-29(18-27-25)12-9-20-7-8-21-15-22(16-28-10-4-11-28)24(23(21)14-20)13-19-5-2-1-3-6-19/h1-3,5-8,14,17-18,22,24H,4,9-13,15-16H2,(H2,26,30,31). The van der Waals surface area contributed by atoms with Crippen molar-refractivity contribution in [3.63, 3.8) is 0 Å². The van der Waals surface area contributed by atoms with Crippen LogP contribution in [0.15, 0.2) is 66.1 Å². The Bertz CT molecular complexity index is 1190. The van der Waals surface area contributed by atoms with Gasteiger partial charge in [0.15, 0.2) is 5.03 Å². The van der Waals surface area contributed by atoms with Crippen LogP contribution in [0.5, 0.6) is 0 Å². The highest BCUT2D eigenvalue weighted by molar-refractivity contribution is 7.89. The van der Waals surface area contributed by atoms with Crippen molar-refractivity contribution in [2.24, 2.45) is 11.1 Å². The van der Waals surface area contributed by atoms with Gasteiger partial charge in [0.05, 0.1) is 6.33 Å². The summed E-state index contributed by atoms with van der Waals surface area (Å²) >= 11 is 0. The molecule has 0 bridgehead atoms. The Hall–Kier alpha value is -2.48. The van der Waals surface area contributed by atoms with Crippen LogP contribution >= 0.6 is 0 Å². The molecule has 2 heterocycles. The molecule has 2 unspecified atom stereocenters. The molecule has 6 nitrogen and oxygen atoms in total. The molecule has 1 aliphatic heterocycles. The molecule has 32 heavy (non-hydrogen) atoms. The van der Waals surface area contributed by atoms with Crippen LogP contribution in [0.2, 0.25) is 0 Å². The molecule has 2 atom stereocenters. The maximum Gasteiger partial charge on any atom is 0.257 e. The average molecular weight is 451 g/mol. The summed E-state index contributed by atoms with van der Waals surface area (Å²) in [4.78, 5) is 6.51. The topological polar surface area (TPSA) is 81.2 Å². The van der Waals surface area contributed by atoms with Crippen LogP contribution in [0.1, 0.15) is 34.6 Å². The number of aryl methyl sites for hydroxylation is 2. The van der Waals surface area contributed by atoms with Gasteiger partial charge in [0, 0.05) is 19.3 Å². The Kier molecular flexibility index (Phi) is 5.88. The third-order valence-electron chi connectivity index (χ3n) is 6.96. The second kappa shape index (κ2) is 8.81. The van der Waals surface area contributed by atoms with E-state index in [1.54, 1.807) is 4.57 Å². The molecule has 1 aliphatic carbocycles. The Morgan fingerprint density at radius 1 is 1.06 bits per heavy atom. The minimum Gasteiger partial charge on any atom is -0.336 e. The molecule has 7 heteroatoms. The van der Waals surface area contributed by atoms with Gasteiger partial charge in [-0.2, -0.15) is 0 Å². The lowest BCUT2D eigenvalue weighted by Crippen LogP contribution is -2.41. The van der Waals surface area contributed by atoms with Crippen LogP contribution < -0.4 is 5.14 Å². The molecule has 1 aromatic heterocycles. The van der Waals surface area contributed by atoms with E-state index >= 15 is 0 Å². The van der Waals surface area contributed by atoms with Gasteiger partial charge in [-0.05, 0) is 72.9 Å². The van der Waals surface area contributed by atoms with Crippen LogP contribution in [0.4, 0.5) is 0 Å². The van der Waals surface area contributed by atoms with Gasteiger partial charge >= 0.3 is 0 Å². The summed E-state index contributed by atoms with van der Waals surface area (Å²) in [6.07, 6.45) is 7.42. The van der Waals surface area contributed by atoms with E-state index in [9.17, 15) is 8.42 Å². The second-order valence-corrected chi connectivity index (χ2v) is 10.7.